The van der Waals surface area contributed by atoms with Gasteiger partial charge in [-0.25, -0.2) is 13.9 Å². The van der Waals surface area contributed by atoms with Crippen LogP contribution >= 0.6 is 22.6 Å². The Morgan fingerprint density at radius 3 is 2.75 bits per heavy atom. The molecule has 2 aromatic rings. The highest BCUT2D eigenvalue weighted by Crippen LogP contribution is 2.41. The van der Waals surface area contributed by atoms with E-state index >= 15 is 0 Å². The van der Waals surface area contributed by atoms with Gasteiger partial charge in [0, 0.05) is 9.13 Å². The van der Waals surface area contributed by atoms with Crippen molar-refractivity contribution in [2.45, 2.75) is 24.8 Å². The van der Waals surface area contributed by atoms with Crippen molar-refractivity contribution in [3.05, 3.63) is 27.6 Å². The number of aliphatic carboxylic acids is 1. The minimum absolute atomic E-state index is 0.353. The maximum absolute atomic E-state index is 13.2. The largest absolute Gasteiger partial charge is 0.479 e. The van der Waals surface area contributed by atoms with Crippen LogP contribution in [0.15, 0.2) is 18.2 Å². The van der Waals surface area contributed by atoms with Crippen LogP contribution in [0.3, 0.4) is 0 Å². The average molecular weight is 388 g/mol. The second-order valence-electron chi connectivity index (χ2n) is 4.73. The Labute approximate surface area is 127 Å². The van der Waals surface area contributed by atoms with E-state index in [9.17, 15) is 14.3 Å². The van der Waals surface area contributed by atoms with Crippen molar-refractivity contribution in [3.63, 3.8) is 0 Å². The number of hydrogen-bond acceptors (Lipinski definition) is 4. The fourth-order valence-corrected chi connectivity index (χ4v) is 3.06. The molecule has 6 nitrogen and oxygen atoms in total. The van der Waals surface area contributed by atoms with Gasteiger partial charge < -0.3 is 5.11 Å². The number of carbonyl (C=O) groups is 1. The molecule has 0 saturated heterocycles. The first-order chi connectivity index (χ1) is 9.54. The third-order valence-corrected chi connectivity index (χ3v) is 4.52. The monoisotopic (exact) mass is 388 g/mol. The van der Waals surface area contributed by atoms with Crippen molar-refractivity contribution in [2.75, 3.05) is 0 Å². The van der Waals surface area contributed by atoms with Crippen LogP contribution in [0, 0.1) is 9.39 Å². The molecule has 1 aliphatic carbocycles. The fourth-order valence-electron chi connectivity index (χ4n) is 2.34. The first-order valence-corrected chi connectivity index (χ1v) is 7.10. The molecule has 1 heterocycles. The standard InChI is InChI=1S/C12H10FIN4O2/c13-7-2-3-8(9(14)6-7)10-15-16-17-18(10)12(11(19)20)4-1-5-12/h2-3,6H,1,4-5H2,(H,19,20). The summed E-state index contributed by atoms with van der Waals surface area (Å²) in [5, 5.41) is 20.8. The summed E-state index contributed by atoms with van der Waals surface area (Å²) < 4.78 is 15.2. The van der Waals surface area contributed by atoms with Gasteiger partial charge in [0.25, 0.3) is 0 Å². The molecule has 1 N–H and O–H groups in total. The number of carboxylic acids is 1. The fraction of sp³-hybridized carbons (Fsp3) is 0.333. The van der Waals surface area contributed by atoms with Gasteiger partial charge in [0.2, 0.25) is 0 Å². The van der Waals surface area contributed by atoms with E-state index < -0.39 is 11.5 Å². The molecular weight excluding hydrogens is 378 g/mol. The molecule has 0 unspecified atom stereocenters. The number of aromatic nitrogens is 4. The summed E-state index contributed by atoms with van der Waals surface area (Å²) >= 11 is 1.98. The van der Waals surface area contributed by atoms with Crippen LogP contribution in [0.5, 0.6) is 0 Å². The maximum atomic E-state index is 13.2. The molecule has 1 aromatic carbocycles. The van der Waals surface area contributed by atoms with E-state index in [4.69, 9.17) is 0 Å². The molecule has 1 saturated carbocycles. The highest BCUT2D eigenvalue weighted by atomic mass is 127. The Morgan fingerprint density at radius 2 is 2.20 bits per heavy atom. The zero-order valence-corrected chi connectivity index (χ0v) is 12.4. The topological polar surface area (TPSA) is 80.9 Å². The van der Waals surface area contributed by atoms with Crippen molar-refractivity contribution in [3.8, 4) is 11.4 Å². The van der Waals surface area contributed by atoms with Gasteiger partial charge in [-0.05, 0) is 70.5 Å². The van der Waals surface area contributed by atoms with E-state index in [0.717, 1.165) is 6.42 Å². The summed E-state index contributed by atoms with van der Waals surface area (Å²) in [6, 6.07) is 4.24. The molecule has 8 heteroatoms. The molecule has 0 bridgehead atoms. The number of rotatable bonds is 3. The van der Waals surface area contributed by atoms with Crippen molar-refractivity contribution >= 4 is 28.6 Å². The smallest absolute Gasteiger partial charge is 0.331 e. The Balaban J connectivity index is 2.13. The van der Waals surface area contributed by atoms with Gasteiger partial charge in [0.1, 0.15) is 5.82 Å². The number of hydrogen-bond donors (Lipinski definition) is 1. The minimum Gasteiger partial charge on any atom is -0.479 e. The highest BCUT2D eigenvalue weighted by Gasteiger charge is 2.49. The van der Waals surface area contributed by atoms with Gasteiger partial charge in [-0.1, -0.05) is 0 Å². The zero-order valence-electron chi connectivity index (χ0n) is 10.3. The van der Waals surface area contributed by atoms with Gasteiger partial charge in [-0.3, -0.25) is 0 Å². The van der Waals surface area contributed by atoms with Crippen LogP contribution in [0.2, 0.25) is 0 Å². The summed E-state index contributed by atoms with van der Waals surface area (Å²) in [4.78, 5) is 11.5. The van der Waals surface area contributed by atoms with E-state index in [1.807, 2.05) is 22.6 Å². The van der Waals surface area contributed by atoms with E-state index in [0.29, 0.717) is 27.8 Å². The minimum atomic E-state index is -1.07. The first kappa shape index (κ1) is 13.4. The predicted octanol–water partition coefficient (Wildman–Crippen LogP) is 2.05. The van der Waals surface area contributed by atoms with E-state index in [-0.39, 0.29) is 5.82 Å². The molecule has 3 rings (SSSR count). The Bertz CT molecular complexity index is 684. The molecule has 1 aliphatic rings. The van der Waals surface area contributed by atoms with Gasteiger partial charge in [0.05, 0.1) is 0 Å². The number of tetrazole rings is 1. The predicted molar refractivity (Wildman–Crippen MR) is 75.4 cm³/mol. The molecule has 20 heavy (non-hydrogen) atoms. The lowest BCUT2D eigenvalue weighted by Gasteiger charge is -2.37. The quantitative estimate of drug-likeness (QED) is 0.815. The van der Waals surface area contributed by atoms with E-state index in [1.165, 1.54) is 16.8 Å². The normalized spacial score (nSPS) is 16.7. The zero-order chi connectivity index (χ0) is 14.3. The second kappa shape index (κ2) is 4.76. The number of benzene rings is 1. The summed E-state index contributed by atoms with van der Waals surface area (Å²) in [6.07, 6.45) is 1.82. The third-order valence-electron chi connectivity index (χ3n) is 3.63. The molecule has 0 atom stereocenters. The number of nitrogens with zero attached hydrogens (tertiary/aromatic N) is 4. The number of carboxylic acid groups (broad SMARTS) is 1. The molecule has 0 spiro atoms. The van der Waals surface area contributed by atoms with Crippen LogP contribution in [0.1, 0.15) is 19.3 Å². The van der Waals surface area contributed by atoms with Crippen molar-refractivity contribution in [1.82, 2.24) is 20.2 Å². The van der Waals surface area contributed by atoms with Crippen LogP contribution in [-0.2, 0) is 10.3 Å². The Morgan fingerprint density at radius 1 is 1.45 bits per heavy atom. The van der Waals surface area contributed by atoms with Gasteiger partial charge in [-0.15, -0.1) is 5.10 Å². The Hall–Kier alpha value is -1.58. The number of halogens is 2. The van der Waals surface area contributed by atoms with Crippen molar-refractivity contribution < 1.29 is 14.3 Å². The molecule has 0 aliphatic heterocycles. The Kier molecular flexibility index (Phi) is 3.19. The molecule has 0 radical (unpaired) electrons. The lowest BCUT2D eigenvalue weighted by Crippen LogP contribution is -2.48. The van der Waals surface area contributed by atoms with Gasteiger partial charge in [-0.2, -0.15) is 0 Å². The summed E-state index contributed by atoms with van der Waals surface area (Å²) in [7, 11) is 0. The average Bonchev–Trinajstić information content (AvgIpc) is 2.76. The highest BCUT2D eigenvalue weighted by molar-refractivity contribution is 14.1. The van der Waals surface area contributed by atoms with Crippen LogP contribution in [-0.4, -0.2) is 31.3 Å². The van der Waals surface area contributed by atoms with Gasteiger partial charge in [0.15, 0.2) is 11.4 Å². The van der Waals surface area contributed by atoms with Crippen LogP contribution < -0.4 is 0 Å². The molecule has 0 amide bonds. The lowest BCUT2D eigenvalue weighted by molar-refractivity contribution is -0.153. The van der Waals surface area contributed by atoms with E-state index in [1.54, 1.807) is 6.07 Å². The van der Waals surface area contributed by atoms with Gasteiger partial charge >= 0.3 is 5.97 Å². The summed E-state index contributed by atoms with van der Waals surface area (Å²) in [5.74, 6) is -0.931. The van der Waals surface area contributed by atoms with E-state index in [2.05, 4.69) is 15.5 Å². The molecular formula is C12H10FIN4O2. The summed E-state index contributed by atoms with van der Waals surface area (Å²) in [6.45, 7) is 0. The first-order valence-electron chi connectivity index (χ1n) is 6.02. The van der Waals surface area contributed by atoms with Crippen molar-refractivity contribution in [1.29, 1.82) is 0 Å². The lowest BCUT2D eigenvalue weighted by atomic mass is 9.76. The molecule has 1 aromatic heterocycles. The molecule has 1 fully saturated rings. The molecule has 104 valence electrons. The third kappa shape index (κ3) is 1.89. The van der Waals surface area contributed by atoms with Crippen LogP contribution in [0.25, 0.3) is 11.4 Å². The SMILES string of the molecule is O=C(O)C1(n2nnnc2-c2ccc(F)cc2I)CCC1. The second-order valence-corrected chi connectivity index (χ2v) is 5.89. The maximum Gasteiger partial charge on any atom is 0.331 e. The van der Waals surface area contributed by atoms with Crippen LogP contribution in [0.4, 0.5) is 4.39 Å². The summed E-state index contributed by atoms with van der Waals surface area (Å²) in [5.41, 5.74) is -0.444. The van der Waals surface area contributed by atoms with Crippen molar-refractivity contribution in [2.24, 2.45) is 0 Å².